The van der Waals surface area contributed by atoms with E-state index in [1.165, 1.54) is 0 Å². The van der Waals surface area contributed by atoms with Crippen LogP contribution in [0.3, 0.4) is 0 Å². The van der Waals surface area contributed by atoms with Crippen LogP contribution in [0.4, 0.5) is 0 Å². The summed E-state index contributed by atoms with van der Waals surface area (Å²) in [6.07, 6.45) is 2.29. The molecule has 1 rings (SSSR count). The third-order valence-corrected chi connectivity index (χ3v) is 2.46. The lowest BCUT2D eigenvalue weighted by Crippen LogP contribution is -2.30. The number of carbonyl (C=O) groups is 1. The molecule has 5 heteroatoms. The van der Waals surface area contributed by atoms with Crippen molar-refractivity contribution in [2.45, 2.75) is 26.8 Å². The molecule has 0 saturated heterocycles. The number of aryl methyl sites for hydroxylation is 1. The molecule has 2 N–H and O–H groups in total. The monoisotopic (exact) mass is 238 g/mol. The minimum absolute atomic E-state index is 0.108. The van der Waals surface area contributed by atoms with Gasteiger partial charge in [0, 0.05) is 39.3 Å². The Morgan fingerprint density at radius 2 is 2.29 bits per heavy atom. The van der Waals surface area contributed by atoms with Crippen molar-refractivity contribution in [3.8, 4) is 0 Å². The average Bonchev–Trinajstić information content (AvgIpc) is 2.68. The summed E-state index contributed by atoms with van der Waals surface area (Å²) in [6.45, 7) is 6.35. The first-order valence-corrected chi connectivity index (χ1v) is 6.04. The van der Waals surface area contributed by atoms with Crippen LogP contribution in [0.1, 0.15) is 26.0 Å². The molecule has 5 nitrogen and oxygen atoms in total. The minimum Gasteiger partial charge on any atom is -0.356 e. The molecule has 0 aromatic carbocycles. The van der Waals surface area contributed by atoms with E-state index in [-0.39, 0.29) is 5.91 Å². The first kappa shape index (κ1) is 13.7. The molecule has 0 spiro atoms. The summed E-state index contributed by atoms with van der Waals surface area (Å²) < 4.78 is 1.83. The molecule has 1 aromatic rings. The van der Waals surface area contributed by atoms with E-state index in [2.05, 4.69) is 29.6 Å². The number of rotatable bonds is 7. The minimum atomic E-state index is 0.108. The summed E-state index contributed by atoms with van der Waals surface area (Å²) in [5.74, 6) is 0.609. The second kappa shape index (κ2) is 7.06. The summed E-state index contributed by atoms with van der Waals surface area (Å²) >= 11 is 0. The van der Waals surface area contributed by atoms with E-state index in [4.69, 9.17) is 0 Å². The van der Waals surface area contributed by atoms with Crippen LogP contribution in [0.5, 0.6) is 0 Å². The lowest BCUT2D eigenvalue weighted by atomic mass is 10.2. The number of nitrogens with zero attached hydrogens (tertiary/aromatic N) is 2. The number of carbonyl (C=O) groups excluding carboxylic acids is 1. The molecule has 0 saturated carbocycles. The van der Waals surface area contributed by atoms with Gasteiger partial charge in [-0.25, -0.2) is 0 Å². The predicted molar refractivity (Wildman–Crippen MR) is 67.4 cm³/mol. The van der Waals surface area contributed by atoms with Gasteiger partial charge >= 0.3 is 0 Å². The van der Waals surface area contributed by atoms with Crippen LogP contribution in [-0.2, 0) is 18.4 Å². The maximum absolute atomic E-state index is 11.4. The van der Waals surface area contributed by atoms with Crippen molar-refractivity contribution in [1.82, 2.24) is 20.4 Å². The van der Waals surface area contributed by atoms with Gasteiger partial charge < -0.3 is 10.6 Å². The molecule has 1 heterocycles. The van der Waals surface area contributed by atoms with E-state index >= 15 is 0 Å². The van der Waals surface area contributed by atoms with Gasteiger partial charge in [0.05, 0.1) is 5.69 Å². The largest absolute Gasteiger partial charge is 0.356 e. The maximum atomic E-state index is 11.4. The van der Waals surface area contributed by atoms with E-state index in [0.717, 1.165) is 18.8 Å². The van der Waals surface area contributed by atoms with Crippen LogP contribution < -0.4 is 10.6 Å². The van der Waals surface area contributed by atoms with Crippen LogP contribution >= 0.6 is 0 Å². The summed E-state index contributed by atoms with van der Waals surface area (Å²) in [5, 5.41) is 10.2. The Hall–Kier alpha value is -1.36. The molecule has 0 unspecified atom stereocenters. The van der Waals surface area contributed by atoms with Crippen LogP contribution in [0.15, 0.2) is 12.3 Å². The topological polar surface area (TPSA) is 59.0 Å². The molecule has 0 aliphatic heterocycles. The number of aromatic nitrogens is 2. The van der Waals surface area contributed by atoms with Crippen molar-refractivity contribution in [2.75, 3.05) is 13.1 Å². The Balaban J connectivity index is 2.08. The molecule has 0 aliphatic rings. The molecule has 96 valence electrons. The quantitative estimate of drug-likeness (QED) is 0.687. The Kier molecular flexibility index (Phi) is 5.69. The second-order valence-corrected chi connectivity index (χ2v) is 4.57. The zero-order chi connectivity index (χ0) is 12.7. The Morgan fingerprint density at radius 3 is 2.88 bits per heavy atom. The van der Waals surface area contributed by atoms with Gasteiger partial charge in [-0.05, 0) is 12.0 Å². The van der Waals surface area contributed by atoms with Crippen molar-refractivity contribution in [3.05, 3.63) is 18.0 Å². The molecular weight excluding hydrogens is 216 g/mol. The van der Waals surface area contributed by atoms with Gasteiger partial charge in [-0.1, -0.05) is 13.8 Å². The highest BCUT2D eigenvalue weighted by Gasteiger charge is 2.02. The van der Waals surface area contributed by atoms with Crippen LogP contribution in [0.25, 0.3) is 0 Å². The van der Waals surface area contributed by atoms with Gasteiger partial charge in [0.2, 0.25) is 5.91 Å². The molecule has 17 heavy (non-hydrogen) atoms. The molecular formula is C12H22N4O. The molecule has 0 aliphatic carbocycles. The van der Waals surface area contributed by atoms with E-state index in [1.807, 2.05) is 17.8 Å². The molecule has 0 bridgehead atoms. The average molecular weight is 238 g/mol. The van der Waals surface area contributed by atoms with Crippen LogP contribution in [0.2, 0.25) is 0 Å². The molecule has 1 amide bonds. The van der Waals surface area contributed by atoms with E-state index < -0.39 is 0 Å². The Morgan fingerprint density at radius 1 is 1.53 bits per heavy atom. The second-order valence-electron chi connectivity index (χ2n) is 4.57. The number of hydrogen-bond acceptors (Lipinski definition) is 3. The maximum Gasteiger partial charge on any atom is 0.221 e. The fourth-order valence-corrected chi connectivity index (χ4v) is 1.40. The molecule has 0 radical (unpaired) electrons. The van der Waals surface area contributed by atoms with Crippen LogP contribution in [-0.4, -0.2) is 28.8 Å². The van der Waals surface area contributed by atoms with Crippen molar-refractivity contribution in [3.63, 3.8) is 0 Å². The summed E-state index contributed by atoms with van der Waals surface area (Å²) in [6, 6.07) is 1.96. The van der Waals surface area contributed by atoms with Gasteiger partial charge in [-0.2, -0.15) is 5.10 Å². The smallest absolute Gasteiger partial charge is 0.221 e. The van der Waals surface area contributed by atoms with Gasteiger partial charge in [0.25, 0.3) is 0 Å². The highest BCUT2D eigenvalue weighted by atomic mass is 16.1. The highest BCUT2D eigenvalue weighted by Crippen LogP contribution is 1.94. The van der Waals surface area contributed by atoms with Crippen molar-refractivity contribution in [2.24, 2.45) is 13.0 Å². The third kappa shape index (κ3) is 5.49. The van der Waals surface area contributed by atoms with Gasteiger partial charge in [0.1, 0.15) is 0 Å². The van der Waals surface area contributed by atoms with Crippen molar-refractivity contribution < 1.29 is 4.79 Å². The SMILES string of the molecule is CC(C)CNC(=O)CCNCc1ccnn1C. The normalized spacial score (nSPS) is 10.8. The molecule has 0 atom stereocenters. The standard InChI is InChI=1S/C12H22N4O/c1-10(2)8-14-12(17)5-6-13-9-11-4-7-15-16(11)3/h4,7,10,13H,5-6,8-9H2,1-3H3,(H,14,17). The van der Waals surface area contributed by atoms with Gasteiger partial charge in [-0.3, -0.25) is 9.48 Å². The van der Waals surface area contributed by atoms with Gasteiger partial charge in [-0.15, -0.1) is 0 Å². The van der Waals surface area contributed by atoms with Gasteiger partial charge in [0.15, 0.2) is 0 Å². The Bertz CT molecular complexity index is 346. The lowest BCUT2D eigenvalue weighted by molar-refractivity contribution is -0.121. The first-order valence-electron chi connectivity index (χ1n) is 6.04. The number of amides is 1. The highest BCUT2D eigenvalue weighted by molar-refractivity contribution is 5.76. The first-order chi connectivity index (χ1) is 8.09. The van der Waals surface area contributed by atoms with E-state index in [9.17, 15) is 4.79 Å². The van der Waals surface area contributed by atoms with Crippen LogP contribution in [0, 0.1) is 5.92 Å². The fourth-order valence-electron chi connectivity index (χ4n) is 1.40. The number of hydrogen-bond donors (Lipinski definition) is 2. The zero-order valence-electron chi connectivity index (χ0n) is 10.9. The van der Waals surface area contributed by atoms with E-state index in [0.29, 0.717) is 18.9 Å². The van der Waals surface area contributed by atoms with E-state index in [1.54, 1.807) is 6.20 Å². The summed E-state index contributed by atoms with van der Waals surface area (Å²) in [4.78, 5) is 11.4. The third-order valence-electron chi connectivity index (χ3n) is 2.46. The predicted octanol–water partition coefficient (Wildman–Crippen LogP) is 0.672. The number of nitrogens with one attached hydrogen (secondary N) is 2. The molecule has 0 fully saturated rings. The Labute approximate surface area is 103 Å². The summed E-state index contributed by atoms with van der Waals surface area (Å²) in [5.41, 5.74) is 1.12. The van der Waals surface area contributed by atoms with Crippen molar-refractivity contribution in [1.29, 1.82) is 0 Å². The lowest BCUT2D eigenvalue weighted by Gasteiger charge is -2.08. The fraction of sp³-hybridized carbons (Fsp3) is 0.667. The molecule has 1 aromatic heterocycles. The summed E-state index contributed by atoms with van der Waals surface area (Å²) in [7, 11) is 1.91. The van der Waals surface area contributed by atoms with Crippen molar-refractivity contribution >= 4 is 5.91 Å². The zero-order valence-corrected chi connectivity index (χ0v) is 10.9.